The van der Waals surface area contributed by atoms with Gasteiger partial charge in [-0.1, -0.05) is 48.5 Å². The van der Waals surface area contributed by atoms with Gasteiger partial charge in [0.25, 0.3) is 0 Å². The number of hydrogen-bond acceptors (Lipinski definition) is 4. The van der Waals surface area contributed by atoms with E-state index in [0.29, 0.717) is 24.2 Å². The van der Waals surface area contributed by atoms with E-state index in [1.807, 2.05) is 48.5 Å². The van der Waals surface area contributed by atoms with E-state index in [9.17, 15) is 4.79 Å². The standard InChI is InChI=1S/C23H19NO3/c1-15(16-7-3-2-4-8-16)24-13-20-21(26-14-24)12-11-18-17-9-5-6-10-19(17)23(25)27-22(18)20/h2-12,15H,13-14H2,1H3/t15-/m1/s1. The van der Waals surface area contributed by atoms with Gasteiger partial charge in [-0.15, -0.1) is 0 Å². The molecule has 0 amide bonds. The molecule has 1 aromatic heterocycles. The van der Waals surface area contributed by atoms with E-state index in [4.69, 9.17) is 9.15 Å². The van der Waals surface area contributed by atoms with Crippen LogP contribution in [0.5, 0.6) is 5.75 Å². The molecule has 2 heterocycles. The highest BCUT2D eigenvalue weighted by molar-refractivity contribution is 6.05. The Hall–Kier alpha value is -3.11. The van der Waals surface area contributed by atoms with Gasteiger partial charge >= 0.3 is 5.63 Å². The molecule has 134 valence electrons. The van der Waals surface area contributed by atoms with Crippen LogP contribution in [-0.4, -0.2) is 11.6 Å². The van der Waals surface area contributed by atoms with Crippen LogP contribution in [0.1, 0.15) is 24.1 Å². The van der Waals surface area contributed by atoms with Crippen LogP contribution < -0.4 is 10.4 Å². The second kappa shape index (κ2) is 6.25. The highest BCUT2D eigenvalue weighted by atomic mass is 16.5. The van der Waals surface area contributed by atoms with Crippen molar-refractivity contribution in [3.05, 3.63) is 88.3 Å². The molecule has 0 radical (unpaired) electrons. The van der Waals surface area contributed by atoms with Crippen molar-refractivity contribution in [2.75, 3.05) is 6.73 Å². The Morgan fingerprint density at radius 1 is 0.889 bits per heavy atom. The Morgan fingerprint density at radius 3 is 2.44 bits per heavy atom. The predicted molar refractivity (Wildman–Crippen MR) is 106 cm³/mol. The zero-order chi connectivity index (χ0) is 18.4. The lowest BCUT2D eigenvalue weighted by molar-refractivity contribution is 0.0620. The van der Waals surface area contributed by atoms with Gasteiger partial charge in [-0.2, -0.15) is 0 Å². The van der Waals surface area contributed by atoms with Gasteiger partial charge in [-0.3, -0.25) is 4.90 Å². The fourth-order valence-electron chi connectivity index (χ4n) is 3.86. The number of rotatable bonds is 2. The molecule has 4 nitrogen and oxygen atoms in total. The number of hydrogen-bond donors (Lipinski definition) is 0. The molecule has 4 aromatic rings. The first-order valence-corrected chi connectivity index (χ1v) is 9.11. The summed E-state index contributed by atoms with van der Waals surface area (Å²) in [5.41, 5.74) is 2.49. The second-order valence-electron chi connectivity index (χ2n) is 6.96. The van der Waals surface area contributed by atoms with Crippen molar-refractivity contribution in [1.82, 2.24) is 4.90 Å². The van der Waals surface area contributed by atoms with E-state index in [1.54, 1.807) is 6.07 Å². The van der Waals surface area contributed by atoms with E-state index in [1.165, 1.54) is 5.56 Å². The van der Waals surface area contributed by atoms with Crippen LogP contribution in [-0.2, 0) is 6.54 Å². The van der Waals surface area contributed by atoms with Crippen molar-refractivity contribution in [3.8, 4) is 5.75 Å². The summed E-state index contributed by atoms with van der Waals surface area (Å²) in [5.74, 6) is 0.789. The van der Waals surface area contributed by atoms with Crippen molar-refractivity contribution >= 4 is 21.7 Å². The summed E-state index contributed by atoms with van der Waals surface area (Å²) in [5, 5.41) is 2.47. The fourth-order valence-corrected chi connectivity index (χ4v) is 3.86. The third-order valence-electron chi connectivity index (χ3n) is 5.43. The quantitative estimate of drug-likeness (QED) is 0.380. The third kappa shape index (κ3) is 2.61. The Kier molecular flexibility index (Phi) is 3.73. The van der Waals surface area contributed by atoms with Crippen molar-refractivity contribution in [2.24, 2.45) is 0 Å². The first-order chi connectivity index (χ1) is 13.2. The lowest BCUT2D eigenvalue weighted by Gasteiger charge is -2.34. The smallest absolute Gasteiger partial charge is 0.344 e. The maximum absolute atomic E-state index is 12.5. The third-order valence-corrected chi connectivity index (χ3v) is 5.43. The zero-order valence-corrected chi connectivity index (χ0v) is 15.0. The van der Waals surface area contributed by atoms with Gasteiger partial charge in [-0.25, -0.2) is 4.79 Å². The highest BCUT2D eigenvalue weighted by Gasteiger charge is 2.26. The predicted octanol–water partition coefficient (Wildman–Crippen LogP) is 4.86. The van der Waals surface area contributed by atoms with Gasteiger partial charge in [0, 0.05) is 18.0 Å². The largest absolute Gasteiger partial charge is 0.478 e. The summed E-state index contributed by atoms with van der Waals surface area (Å²) in [6.07, 6.45) is 0. The molecular weight excluding hydrogens is 338 g/mol. The summed E-state index contributed by atoms with van der Waals surface area (Å²) in [4.78, 5) is 14.7. The molecule has 1 aliphatic rings. The van der Waals surface area contributed by atoms with Crippen LogP contribution in [0, 0.1) is 0 Å². The summed E-state index contributed by atoms with van der Waals surface area (Å²) in [7, 11) is 0. The molecule has 0 saturated heterocycles. The van der Waals surface area contributed by atoms with Crippen molar-refractivity contribution < 1.29 is 9.15 Å². The van der Waals surface area contributed by atoms with E-state index < -0.39 is 0 Å². The Labute approximate surface area is 156 Å². The molecule has 4 heteroatoms. The SMILES string of the molecule is C[C@H](c1ccccc1)N1COc2ccc3c(oc(=O)c4ccccc43)c2C1. The average Bonchev–Trinajstić information content (AvgIpc) is 2.73. The minimum absolute atomic E-state index is 0.196. The number of ether oxygens (including phenoxy) is 1. The van der Waals surface area contributed by atoms with Crippen LogP contribution in [0.2, 0.25) is 0 Å². The molecule has 0 aliphatic carbocycles. The maximum Gasteiger partial charge on any atom is 0.344 e. The molecule has 0 fully saturated rings. The Morgan fingerprint density at radius 2 is 1.63 bits per heavy atom. The zero-order valence-electron chi connectivity index (χ0n) is 15.0. The van der Waals surface area contributed by atoms with E-state index >= 15 is 0 Å². The van der Waals surface area contributed by atoms with Crippen LogP contribution >= 0.6 is 0 Å². The molecule has 3 aromatic carbocycles. The van der Waals surface area contributed by atoms with E-state index in [-0.39, 0.29) is 11.7 Å². The van der Waals surface area contributed by atoms with Gasteiger partial charge in [-0.05, 0) is 36.1 Å². The summed E-state index contributed by atoms with van der Waals surface area (Å²) < 4.78 is 11.7. The van der Waals surface area contributed by atoms with Crippen molar-refractivity contribution in [3.63, 3.8) is 0 Å². The first-order valence-electron chi connectivity index (χ1n) is 9.11. The monoisotopic (exact) mass is 357 g/mol. The molecular formula is C23H19NO3. The molecule has 27 heavy (non-hydrogen) atoms. The van der Waals surface area contributed by atoms with Gasteiger partial charge in [0.2, 0.25) is 0 Å². The Balaban J connectivity index is 1.64. The van der Waals surface area contributed by atoms with Gasteiger partial charge in [0.15, 0.2) is 0 Å². The minimum Gasteiger partial charge on any atom is -0.478 e. The molecule has 1 aliphatic heterocycles. The normalized spacial score (nSPS) is 15.4. The topological polar surface area (TPSA) is 42.7 Å². The summed E-state index contributed by atoms with van der Waals surface area (Å²) in [6, 6.07) is 22.1. The molecule has 0 unspecified atom stereocenters. The minimum atomic E-state index is -0.306. The highest BCUT2D eigenvalue weighted by Crippen LogP contribution is 2.36. The van der Waals surface area contributed by atoms with Crippen LogP contribution in [0.4, 0.5) is 0 Å². The molecule has 0 saturated carbocycles. The van der Waals surface area contributed by atoms with Gasteiger partial charge in [0.1, 0.15) is 18.1 Å². The number of benzene rings is 3. The Bertz CT molecular complexity index is 1200. The first kappa shape index (κ1) is 16.1. The lowest BCUT2D eigenvalue weighted by Crippen LogP contribution is -2.34. The van der Waals surface area contributed by atoms with Crippen LogP contribution in [0.3, 0.4) is 0 Å². The molecule has 0 spiro atoms. The van der Waals surface area contributed by atoms with Crippen molar-refractivity contribution in [2.45, 2.75) is 19.5 Å². The number of fused-ring (bicyclic) bond motifs is 5. The molecule has 0 N–H and O–H groups in total. The lowest BCUT2D eigenvalue weighted by atomic mass is 10.0. The maximum atomic E-state index is 12.5. The van der Waals surface area contributed by atoms with E-state index in [0.717, 1.165) is 22.1 Å². The van der Waals surface area contributed by atoms with Gasteiger partial charge in [0.05, 0.1) is 10.9 Å². The molecule has 1 atom stereocenters. The second-order valence-corrected chi connectivity index (χ2v) is 6.96. The molecule has 0 bridgehead atoms. The summed E-state index contributed by atoms with van der Waals surface area (Å²) in [6.45, 7) is 3.34. The van der Waals surface area contributed by atoms with Gasteiger partial charge < -0.3 is 9.15 Å². The van der Waals surface area contributed by atoms with Crippen LogP contribution in [0.15, 0.2) is 75.9 Å². The van der Waals surface area contributed by atoms with Crippen molar-refractivity contribution in [1.29, 1.82) is 0 Å². The molecule has 5 rings (SSSR count). The summed E-state index contributed by atoms with van der Waals surface area (Å²) >= 11 is 0. The van der Waals surface area contributed by atoms with Crippen LogP contribution in [0.25, 0.3) is 21.7 Å². The number of nitrogens with zero attached hydrogens (tertiary/aromatic N) is 1. The van der Waals surface area contributed by atoms with E-state index in [2.05, 4.69) is 24.0 Å². The average molecular weight is 357 g/mol. The fraction of sp³-hybridized carbons (Fsp3) is 0.174.